The summed E-state index contributed by atoms with van der Waals surface area (Å²) in [5.74, 6) is 0.211. The molecule has 0 radical (unpaired) electrons. The Morgan fingerprint density at radius 2 is 1.89 bits per heavy atom. The molecule has 2 saturated heterocycles. The van der Waals surface area contributed by atoms with E-state index in [1.54, 1.807) is 16.0 Å². The molecule has 0 atom stereocenters. The quantitative estimate of drug-likeness (QED) is 0.683. The van der Waals surface area contributed by atoms with Crippen LogP contribution in [-0.2, 0) is 14.3 Å². The molecule has 0 N–H and O–H groups in total. The van der Waals surface area contributed by atoms with Crippen LogP contribution < -0.4 is 0 Å². The van der Waals surface area contributed by atoms with E-state index >= 15 is 0 Å². The molecule has 2 amide bonds. The number of nitrogens with zero attached hydrogens (tertiary/aromatic N) is 2. The number of carbonyl (C=O) groups is 2. The fraction of sp³-hybridized carbons (Fsp3) is 0.538. The third-order valence-electron chi connectivity index (χ3n) is 2.83. The molecular formula is C13H20N2O3. The summed E-state index contributed by atoms with van der Waals surface area (Å²) in [5.41, 5.74) is 0. The molecule has 0 aromatic heterocycles. The molecule has 5 nitrogen and oxygen atoms in total. The van der Waals surface area contributed by atoms with E-state index in [-0.39, 0.29) is 11.8 Å². The van der Waals surface area contributed by atoms with E-state index in [1.807, 2.05) is 0 Å². The third-order valence-corrected chi connectivity index (χ3v) is 2.83. The normalized spacial score (nSPS) is 19.0. The molecule has 5 heteroatoms. The van der Waals surface area contributed by atoms with Gasteiger partial charge in [-0.3, -0.25) is 9.59 Å². The summed E-state index contributed by atoms with van der Waals surface area (Å²) in [6.45, 7) is 10.5. The van der Waals surface area contributed by atoms with Gasteiger partial charge in [-0.05, 0) is 18.7 Å². The lowest BCUT2D eigenvalue weighted by Crippen LogP contribution is -2.39. The third kappa shape index (κ3) is 4.33. The number of carbonyl (C=O) groups excluding carboxylic acids is 2. The summed E-state index contributed by atoms with van der Waals surface area (Å²) in [4.78, 5) is 25.0. The first-order valence-electron chi connectivity index (χ1n) is 6.10. The Balaban J connectivity index is 0.000000184. The molecule has 0 saturated carbocycles. The zero-order chi connectivity index (χ0) is 13.4. The minimum absolute atomic E-state index is 0.00306. The molecule has 0 bridgehead atoms. The number of hydrogen-bond acceptors (Lipinski definition) is 3. The van der Waals surface area contributed by atoms with Crippen LogP contribution in [-0.4, -0.2) is 54.5 Å². The van der Waals surface area contributed by atoms with Crippen molar-refractivity contribution in [3.05, 3.63) is 25.4 Å². The highest BCUT2D eigenvalue weighted by atomic mass is 16.5. The molecule has 0 aromatic carbocycles. The maximum absolute atomic E-state index is 10.9. The van der Waals surface area contributed by atoms with Crippen molar-refractivity contribution in [2.75, 3.05) is 32.8 Å². The van der Waals surface area contributed by atoms with E-state index in [1.165, 1.54) is 6.08 Å². The van der Waals surface area contributed by atoms with Crippen LogP contribution >= 0.6 is 0 Å². The van der Waals surface area contributed by atoms with E-state index in [0.717, 1.165) is 13.0 Å². The highest BCUT2D eigenvalue weighted by Gasteiger charge is 2.16. The van der Waals surface area contributed by atoms with Crippen molar-refractivity contribution in [3.63, 3.8) is 0 Å². The number of rotatable bonds is 2. The van der Waals surface area contributed by atoms with Crippen LogP contribution in [0.1, 0.15) is 12.8 Å². The Morgan fingerprint density at radius 3 is 2.28 bits per heavy atom. The number of morpholine rings is 1. The minimum Gasteiger partial charge on any atom is -0.378 e. The van der Waals surface area contributed by atoms with Gasteiger partial charge in [0.05, 0.1) is 13.2 Å². The van der Waals surface area contributed by atoms with Crippen molar-refractivity contribution in [3.8, 4) is 0 Å². The molecule has 0 unspecified atom stereocenters. The number of amides is 2. The smallest absolute Gasteiger partial charge is 0.246 e. The average Bonchev–Trinajstić information content (AvgIpc) is 2.85. The Morgan fingerprint density at radius 1 is 1.22 bits per heavy atom. The Hall–Kier alpha value is -1.62. The predicted octanol–water partition coefficient (Wildman–Crippen LogP) is 0.783. The molecule has 0 spiro atoms. The Kier molecular flexibility index (Phi) is 6.14. The fourth-order valence-electron chi connectivity index (χ4n) is 1.77. The van der Waals surface area contributed by atoms with E-state index < -0.39 is 0 Å². The zero-order valence-corrected chi connectivity index (χ0v) is 10.6. The van der Waals surface area contributed by atoms with Crippen LogP contribution in [0, 0.1) is 0 Å². The van der Waals surface area contributed by atoms with Gasteiger partial charge >= 0.3 is 0 Å². The maximum Gasteiger partial charge on any atom is 0.246 e. The fourth-order valence-corrected chi connectivity index (χ4v) is 1.77. The molecule has 100 valence electrons. The lowest BCUT2D eigenvalue weighted by Gasteiger charge is -2.25. The second-order valence-corrected chi connectivity index (χ2v) is 4.02. The molecule has 2 heterocycles. The molecule has 0 aromatic rings. The molecule has 0 aliphatic carbocycles. The van der Waals surface area contributed by atoms with E-state index in [9.17, 15) is 9.59 Å². The van der Waals surface area contributed by atoms with Gasteiger partial charge in [-0.1, -0.05) is 13.2 Å². The molecule has 2 aliphatic heterocycles. The largest absolute Gasteiger partial charge is 0.378 e. The molecule has 2 rings (SSSR count). The van der Waals surface area contributed by atoms with E-state index in [0.29, 0.717) is 32.7 Å². The zero-order valence-electron chi connectivity index (χ0n) is 10.6. The first-order chi connectivity index (χ1) is 8.69. The number of ether oxygens (including phenoxy) is 1. The first kappa shape index (κ1) is 14.4. The minimum atomic E-state index is 0.00306. The van der Waals surface area contributed by atoms with Gasteiger partial charge in [0.15, 0.2) is 0 Å². The monoisotopic (exact) mass is 252 g/mol. The van der Waals surface area contributed by atoms with Gasteiger partial charge in [-0.25, -0.2) is 0 Å². The number of hydrogen-bond donors (Lipinski definition) is 0. The van der Waals surface area contributed by atoms with Crippen molar-refractivity contribution >= 4 is 11.8 Å². The SMILES string of the molecule is C=CC(=O)N1CCOCC1.C=CN1CCCC1=O. The van der Waals surface area contributed by atoms with Gasteiger partial charge in [-0.2, -0.15) is 0 Å². The summed E-state index contributed by atoms with van der Waals surface area (Å²) in [7, 11) is 0. The predicted molar refractivity (Wildman–Crippen MR) is 68.7 cm³/mol. The van der Waals surface area contributed by atoms with Crippen LogP contribution in [0.25, 0.3) is 0 Å². The average molecular weight is 252 g/mol. The second kappa shape index (κ2) is 7.66. The van der Waals surface area contributed by atoms with Crippen molar-refractivity contribution in [2.24, 2.45) is 0 Å². The van der Waals surface area contributed by atoms with Crippen LogP contribution in [0.4, 0.5) is 0 Å². The van der Waals surface area contributed by atoms with Gasteiger partial charge < -0.3 is 14.5 Å². The van der Waals surface area contributed by atoms with Gasteiger partial charge in [0, 0.05) is 26.1 Å². The summed E-state index contributed by atoms with van der Waals surface area (Å²) in [6, 6.07) is 0. The Bertz CT molecular complexity index is 322. The molecular weight excluding hydrogens is 232 g/mol. The number of likely N-dealkylation sites (tertiary alicyclic amines) is 1. The highest BCUT2D eigenvalue weighted by Crippen LogP contribution is 2.08. The van der Waals surface area contributed by atoms with Crippen LogP contribution in [0.2, 0.25) is 0 Å². The lowest BCUT2D eigenvalue weighted by atomic mass is 10.4. The topological polar surface area (TPSA) is 49.9 Å². The van der Waals surface area contributed by atoms with Gasteiger partial charge in [0.25, 0.3) is 0 Å². The van der Waals surface area contributed by atoms with Crippen molar-refractivity contribution < 1.29 is 14.3 Å². The van der Waals surface area contributed by atoms with Crippen molar-refractivity contribution in [2.45, 2.75) is 12.8 Å². The first-order valence-corrected chi connectivity index (χ1v) is 6.10. The summed E-state index contributed by atoms with van der Waals surface area (Å²) in [6.07, 6.45) is 4.62. The van der Waals surface area contributed by atoms with E-state index in [4.69, 9.17) is 4.74 Å². The van der Waals surface area contributed by atoms with Gasteiger partial charge in [-0.15, -0.1) is 0 Å². The maximum atomic E-state index is 10.9. The summed E-state index contributed by atoms with van der Waals surface area (Å²) >= 11 is 0. The standard InChI is InChI=1S/C7H11NO2.C6H9NO/c1-2-7(9)8-3-5-10-6-4-8;1-2-7-5-3-4-6(7)8/h2H,1,3-6H2;2H,1,3-5H2. The lowest BCUT2D eigenvalue weighted by molar-refractivity contribution is -0.130. The van der Waals surface area contributed by atoms with E-state index in [2.05, 4.69) is 13.2 Å². The van der Waals surface area contributed by atoms with Crippen LogP contribution in [0.3, 0.4) is 0 Å². The summed E-state index contributed by atoms with van der Waals surface area (Å²) in [5, 5.41) is 0. The van der Waals surface area contributed by atoms with Crippen LogP contribution in [0.15, 0.2) is 25.4 Å². The van der Waals surface area contributed by atoms with Crippen LogP contribution in [0.5, 0.6) is 0 Å². The second-order valence-electron chi connectivity index (χ2n) is 4.02. The molecule has 2 aliphatic rings. The van der Waals surface area contributed by atoms with Crippen molar-refractivity contribution in [1.82, 2.24) is 9.80 Å². The van der Waals surface area contributed by atoms with Gasteiger partial charge in [0.2, 0.25) is 11.8 Å². The van der Waals surface area contributed by atoms with Crippen molar-refractivity contribution in [1.29, 1.82) is 0 Å². The Labute approximate surface area is 108 Å². The summed E-state index contributed by atoms with van der Waals surface area (Å²) < 4.78 is 5.07. The molecule has 18 heavy (non-hydrogen) atoms. The highest BCUT2D eigenvalue weighted by molar-refractivity contribution is 5.87. The van der Waals surface area contributed by atoms with Gasteiger partial charge in [0.1, 0.15) is 0 Å². The molecule has 2 fully saturated rings.